The Kier molecular flexibility index (Phi) is 5.40. The molecule has 0 saturated heterocycles. The maximum atomic E-state index is 10.4. The van der Waals surface area contributed by atoms with Crippen LogP contribution in [-0.4, -0.2) is 40.6 Å². The molecule has 0 aliphatic carbocycles. The second-order valence-electron chi connectivity index (χ2n) is 3.53. The van der Waals surface area contributed by atoms with E-state index in [0.717, 1.165) is 5.69 Å². The van der Waals surface area contributed by atoms with Gasteiger partial charge in [0.2, 0.25) is 11.9 Å². The molecule has 0 aliphatic heterocycles. The fourth-order valence-electron chi connectivity index (χ4n) is 1.18. The van der Waals surface area contributed by atoms with Gasteiger partial charge in [0.05, 0.1) is 6.61 Å². The van der Waals surface area contributed by atoms with Crippen molar-refractivity contribution in [2.24, 2.45) is 11.5 Å². The van der Waals surface area contributed by atoms with Gasteiger partial charge in [0.25, 0.3) is 0 Å². The summed E-state index contributed by atoms with van der Waals surface area (Å²) in [6.07, 6.45) is 0. The molecule has 1 rings (SSSR count). The van der Waals surface area contributed by atoms with Gasteiger partial charge in [-0.15, -0.1) is 0 Å². The van der Waals surface area contributed by atoms with Crippen molar-refractivity contribution in [3.05, 3.63) is 17.5 Å². The van der Waals surface area contributed by atoms with E-state index in [0.29, 0.717) is 24.8 Å². The van der Waals surface area contributed by atoms with Crippen LogP contribution in [0.5, 0.6) is 0 Å². The van der Waals surface area contributed by atoms with Crippen molar-refractivity contribution in [3.8, 4) is 0 Å². The second kappa shape index (κ2) is 6.82. The third-order valence-electron chi connectivity index (χ3n) is 1.88. The zero-order valence-electron chi connectivity index (χ0n) is 9.97. The van der Waals surface area contributed by atoms with Crippen molar-refractivity contribution in [3.63, 3.8) is 0 Å². The summed E-state index contributed by atoms with van der Waals surface area (Å²) in [6.45, 7) is 2.49. The van der Waals surface area contributed by atoms with Gasteiger partial charge in [-0.1, -0.05) is 12.2 Å². The van der Waals surface area contributed by atoms with E-state index >= 15 is 0 Å². The van der Waals surface area contributed by atoms with E-state index in [-0.39, 0.29) is 11.6 Å². The summed E-state index contributed by atoms with van der Waals surface area (Å²) >= 11 is 4.85. The lowest BCUT2D eigenvalue weighted by molar-refractivity contribution is -0.122. The number of hydrogen-bond donors (Lipinski definition) is 3. The minimum absolute atomic E-state index is 0.103. The van der Waals surface area contributed by atoms with E-state index < -0.39 is 5.91 Å². The van der Waals surface area contributed by atoms with Gasteiger partial charge in [-0.25, -0.2) is 9.97 Å². The Balaban J connectivity index is 2.47. The van der Waals surface area contributed by atoms with Crippen LogP contribution in [0.25, 0.3) is 0 Å². The molecule has 0 unspecified atom stereocenters. The number of aromatic nitrogens is 2. The fourth-order valence-corrected chi connectivity index (χ4v) is 1.29. The lowest BCUT2D eigenvalue weighted by Gasteiger charge is -2.07. The minimum atomic E-state index is -0.502. The number of nitrogens with two attached hydrogens (primary N) is 2. The molecule has 0 fully saturated rings. The minimum Gasteiger partial charge on any atom is -0.388 e. The zero-order chi connectivity index (χ0) is 13.5. The first-order chi connectivity index (χ1) is 8.49. The van der Waals surface area contributed by atoms with E-state index in [9.17, 15) is 4.79 Å². The number of carbonyl (C=O) groups is 1. The number of rotatable bonds is 7. The number of nitrogens with zero attached hydrogens (tertiary/aromatic N) is 2. The van der Waals surface area contributed by atoms with E-state index in [4.69, 9.17) is 28.4 Å². The molecule has 0 atom stereocenters. The number of primary amides is 1. The van der Waals surface area contributed by atoms with Crippen LogP contribution in [0.2, 0.25) is 0 Å². The van der Waals surface area contributed by atoms with Gasteiger partial charge in [0.15, 0.2) is 0 Å². The van der Waals surface area contributed by atoms with E-state index in [1.54, 1.807) is 6.07 Å². The van der Waals surface area contributed by atoms with Crippen LogP contribution in [0.1, 0.15) is 11.4 Å². The standard InChI is InChI=1S/C10H15N5O2S/c1-6-4-7(9(12)18)15-10(14-6)13-2-3-17-5-8(11)16/h4H,2-3,5H2,1H3,(H2,11,16)(H2,12,18)(H,13,14,15). The molecule has 0 aliphatic rings. The van der Waals surface area contributed by atoms with Crippen molar-refractivity contribution < 1.29 is 9.53 Å². The van der Waals surface area contributed by atoms with Crippen molar-refractivity contribution in [2.45, 2.75) is 6.92 Å². The van der Waals surface area contributed by atoms with Crippen molar-refractivity contribution in [1.82, 2.24) is 9.97 Å². The first kappa shape index (κ1) is 14.3. The van der Waals surface area contributed by atoms with E-state index in [1.807, 2.05) is 6.92 Å². The lowest BCUT2D eigenvalue weighted by Crippen LogP contribution is -2.21. The topological polar surface area (TPSA) is 116 Å². The highest BCUT2D eigenvalue weighted by Gasteiger charge is 2.04. The van der Waals surface area contributed by atoms with Crippen LogP contribution in [0.4, 0.5) is 5.95 Å². The number of ether oxygens (including phenoxy) is 1. The zero-order valence-corrected chi connectivity index (χ0v) is 10.8. The van der Waals surface area contributed by atoms with E-state index in [1.165, 1.54) is 0 Å². The molecule has 98 valence electrons. The summed E-state index contributed by atoms with van der Waals surface area (Å²) in [5.41, 5.74) is 11.7. The van der Waals surface area contributed by atoms with Gasteiger partial charge in [-0.05, 0) is 13.0 Å². The Bertz CT molecular complexity index is 452. The molecule has 7 nitrogen and oxygen atoms in total. The number of thiocarbonyl (C=S) groups is 1. The highest BCUT2D eigenvalue weighted by molar-refractivity contribution is 7.80. The van der Waals surface area contributed by atoms with Crippen LogP contribution >= 0.6 is 12.2 Å². The Morgan fingerprint density at radius 1 is 1.50 bits per heavy atom. The van der Waals surface area contributed by atoms with Crippen LogP contribution in [-0.2, 0) is 9.53 Å². The third kappa shape index (κ3) is 5.02. The number of amides is 1. The summed E-state index contributed by atoms with van der Waals surface area (Å²) < 4.78 is 4.98. The number of hydrogen-bond acceptors (Lipinski definition) is 6. The molecular formula is C10H15N5O2S. The summed E-state index contributed by atoms with van der Waals surface area (Å²) in [4.78, 5) is 18.9. The fraction of sp³-hybridized carbons (Fsp3) is 0.400. The van der Waals surface area contributed by atoms with Crippen molar-refractivity contribution in [2.75, 3.05) is 25.1 Å². The highest BCUT2D eigenvalue weighted by Crippen LogP contribution is 2.04. The Hall–Kier alpha value is -1.80. The Morgan fingerprint density at radius 3 is 2.83 bits per heavy atom. The summed E-state index contributed by atoms with van der Waals surface area (Å²) in [6, 6.07) is 1.71. The lowest BCUT2D eigenvalue weighted by atomic mass is 10.3. The summed E-state index contributed by atoms with van der Waals surface area (Å²) in [7, 11) is 0. The maximum Gasteiger partial charge on any atom is 0.243 e. The predicted molar refractivity (Wildman–Crippen MR) is 71.2 cm³/mol. The Labute approximate surface area is 110 Å². The number of nitrogens with one attached hydrogen (secondary N) is 1. The molecule has 0 radical (unpaired) electrons. The summed E-state index contributed by atoms with van der Waals surface area (Å²) in [5, 5.41) is 2.94. The first-order valence-electron chi connectivity index (χ1n) is 5.24. The van der Waals surface area contributed by atoms with Gasteiger partial charge in [0.1, 0.15) is 17.3 Å². The predicted octanol–water partition coefficient (Wildman–Crippen LogP) is -0.667. The van der Waals surface area contributed by atoms with Crippen molar-refractivity contribution >= 4 is 29.1 Å². The normalized spacial score (nSPS) is 10.1. The molecule has 0 bridgehead atoms. The molecule has 0 aromatic carbocycles. The average Bonchev–Trinajstić information content (AvgIpc) is 2.27. The molecule has 1 aromatic heterocycles. The largest absolute Gasteiger partial charge is 0.388 e. The molecule has 0 saturated carbocycles. The number of anilines is 1. The molecule has 0 spiro atoms. The molecule has 18 heavy (non-hydrogen) atoms. The van der Waals surface area contributed by atoms with Gasteiger partial charge in [-0.2, -0.15) is 0 Å². The highest BCUT2D eigenvalue weighted by atomic mass is 32.1. The van der Waals surface area contributed by atoms with Crippen LogP contribution in [0, 0.1) is 6.92 Å². The average molecular weight is 269 g/mol. The van der Waals surface area contributed by atoms with Gasteiger partial charge in [-0.3, -0.25) is 4.79 Å². The smallest absolute Gasteiger partial charge is 0.243 e. The second-order valence-corrected chi connectivity index (χ2v) is 3.97. The summed E-state index contributed by atoms with van der Waals surface area (Å²) in [5.74, 6) is -0.0851. The Morgan fingerprint density at radius 2 is 2.22 bits per heavy atom. The van der Waals surface area contributed by atoms with Crippen LogP contribution in [0.3, 0.4) is 0 Å². The quantitative estimate of drug-likeness (QED) is 0.444. The molecule has 8 heteroatoms. The van der Waals surface area contributed by atoms with Gasteiger partial charge < -0.3 is 21.5 Å². The number of aryl methyl sites for hydroxylation is 1. The molecule has 1 heterocycles. The van der Waals surface area contributed by atoms with E-state index in [2.05, 4.69) is 15.3 Å². The number of carbonyl (C=O) groups excluding carboxylic acids is 1. The van der Waals surface area contributed by atoms with Crippen molar-refractivity contribution in [1.29, 1.82) is 0 Å². The molecule has 1 amide bonds. The monoisotopic (exact) mass is 269 g/mol. The molecular weight excluding hydrogens is 254 g/mol. The van der Waals surface area contributed by atoms with Gasteiger partial charge >= 0.3 is 0 Å². The van der Waals surface area contributed by atoms with Gasteiger partial charge in [0, 0.05) is 12.2 Å². The molecule has 1 aromatic rings. The van der Waals surface area contributed by atoms with Crippen LogP contribution < -0.4 is 16.8 Å². The first-order valence-corrected chi connectivity index (χ1v) is 5.65. The third-order valence-corrected chi connectivity index (χ3v) is 2.09. The molecule has 5 N–H and O–H groups in total. The maximum absolute atomic E-state index is 10.4. The SMILES string of the molecule is Cc1cc(C(N)=S)nc(NCCOCC(N)=O)n1. The van der Waals surface area contributed by atoms with Crippen LogP contribution in [0.15, 0.2) is 6.07 Å².